The van der Waals surface area contributed by atoms with Crippen molar-refractivity contribution in [3.63, 3.8) is 0 Å². The van der Waals surface area contributed by atoms with E-state index in [1.165, 1.54) is 0 Å². The van der Waals surface area contributed by atoms with E-state index in [9.17, 15) is 0 Å². The third-order valence-corrected chi connectivity index (χ3v) is 12.9. The van der Waals surface area contributed by atoms with Crippen LogP contribution in [0.15, 0.2) is 182 Å². The average Bonchev–Trinajstić information content (AvgIpc) is 3.10. The highest BCUT2D eigenvalue weighted by Gasteiger charge is 2.48. The molecule has 0 fully saturated rings. The normalized spacial score (nSPS) is 12.1. The molecule has 6 rings (SSSR count). The van der Waals surface area contributed by atoms with Crippen LogP contribution in [0.2, 0.25) is 39.3 Å². The highest BCUT2D eigenvalue weighted by atomic mass is 28.4. The van der Waals surface area contributed by atoms with Crippen molar-refractivity contribution in [2.75, 3.05) is 0 Å². The van der Waals surface area contributed by atoms with Crippen LogP contribution in [-0.4, -0.2) is 16.6 Å². The molecule has 0 saturated heterocycles. The molecule has 0 aliphatic heterocycles. The third-order valence-electron chi connectivity index (χ3n) is 8.00. The molecule has 48 heavy (non-hydrogen) atoms. The van der Waals surface area contributed by atoms with Gasteiger partial charge in [-0.25, -0.2) is 0 Å². The second-order valence-electron chi connectivity index (χ2n) is 14.0. The van der Waals surface area contributed by atoms with Gasteiger partial charge in [0.1, 0.15) is 11.2 Å². The lowest BCUT2D eigenvalue weighted by molar-refractivity contribution is -0.0810. The van der Waals surface area contributed by atoms with E-state index in [-0.39, 0.29) is 0 Å². The molecule has 0 N–H and O–H groups in total. The molecule has 0 heterocycles. The fourth-order valence-corrected chi connectivity index (χ4v) is 13.9. The summed E-state index contributed by atoms with van der Waals surface area (Å²) in [6.07, 6.45) is 0. The van der Waals surface area contributed by atoms with Crippen LogP contribution >= 0.6 is 0 Å². The summed E-state index contributed by atoms with van der Waals surface area (Å²) in [5.41, 5.74) is 4.54. The van der Waals surface area contributed by atoms with Crippen molar-refractivity contribution in [2.45, 2.75) is 50.5 Å². The lowest BCUT2D eigenvalue weighted by Crippen LogP contribution is -2.44. The molecule has 0 aromatic heterocycles. The van der Waals surface area contributed by atoms with Gasteiger partial charge in [0.05, 0.1) is 0 Å². The van der Waals surface area contributed by atoms with E-state index in [0.717, 1.165) is 33.4 Å². The van der Waals surface area contributed by atoms with Gasteiger partial charge < -0.3 is 8.85 Å². The average molecular weight is 665 g/mol. The van der Waals surface area contributed by atoms with Gasteiger partial charge in [0.25, 0.3) is 0 Å². The molecule has 0 amide bonds. The van der Waals surface area contributed by atoms with Crippen molar-refractivity contribution in [1.29, 1.82) is 0 Å². The van der Waals surface area contributed by atoms with Gasteiger partial charge >= 0.3 is 0 Å². The Morgan fingerprint density at radius 1 is 0.292 bits per heavy atom. The minimum Gasteiger partial charge on any atom is -0.456 e. The lowest BCUT2D eigenvalue weighted by atomic mass is 9.75. The van der Waals surface area contributed by atoms with Crippen LogP contribution in [-0.2, 0) is 20.1 Å². The second kappa shape index (κ2) is 15.3. The van der Waals surface area contributed by atoms with Gasteiger partial charge in [-0.1, -0.05) is 182 Å². The Kier molecular flexibility index (Phi) is 11.1. The maximum atomic E-state index is 7.94. The van der Waals surface area contributed by atoms with Gasteiger partial charge in [-0.3, -0.25) is 0 Å². The molecule has 0 atom stereocenters. The maximum absolute atomic E-state index is 7.94. The largest absolute Gasteiger partial charge is 0.456 e. The Bertz CT molecular complexity index is 1470. The van der Waals surface area contributed by atoms with Crippen LogP contribution in [0.4, 0.5) is 0 Å². The highest BCUT2D eigenvalue weighted by molar-refractivity contribution is 6.83. The zero-order valence-electron chi connectivity index (χ0n) is 29.1. The fourth-order valence-electron chi connectivity index (χ4n) is 6.54. The molecule has 0 radical (unpaired) electrons. The first-order valence-corrected chi connectivity index (χ1v) is 23.6. The topological polar surface area (TPSA) is 18.5 Å². The SMILES string of the molecule is C[Si](C)(C)O[Si](C)(C)C.c1ccc(C(OC(c2ccccc2)(c2ccccc2)c2ccccc2)(c2ccccc2)c2ccccc2)cc1. The third kappa shape index (κ3) is 8.20. The molecule has 0 aliphatic rings. The first-order chi connectivity index (χ1) is 23.0. The molecule has 244 valence electrons. The van der Waals surface area contributed by atoms with E-state index in [2.05, 4.69) is 221 Å². The summed E-state index contributed by atoms with van der Waals surface area (Å²) in [6, 6.07) is 63.5. The summed E-state index contributed by atoms with van der Waals surface area (Å²) >= 11 is 0. The summed E-state index contributed by atoms with van der Waals surface area (Å²) in [6.45, 7) is 13.4. The molecule has 0 spiro atoms. The summed E-state index contributed by atoms with van der Waals surface area (Å²) in [5.74, 6) is 0. The Morgan fingerprint density at radius 2 is 0.458 bits per heavy atom. The van der Waals surface area contributed by atoms with Crippen molar-refractivity contribution >= 4 is 16.6 Å². The molecular formula is C44H48O2Si2. The molecule has 0 unspecified atom stereocenters. The van der Waals surface area contributed by atoms with Crippen molar-refractivity contribution in [1.82, 2.24) is 0 Å². The molecule has 6 aromatic rings. The van der Waals surface area contributed by atoms with Gasteiger partial charge in [-0.05, 0) is 72.7 Å². The standard InChI is InChI=1S/C38H30O.C6H18OSi2/c1-7-19-31(20-8-1)37(32-21-9-2-10-22-32,33-23-11-3-12-24-33)39-38(34-25-13-4-14-26-34,35-27-15-5-16-28-35)36-29-17-6-18-30-36;1-8(2,3)7-9(4,5)6/h1-30H;1-6H3. The van der Waals surface area contributed by atoms with E-state index in [4.69, 9.17) is 8.85 Å². The van der Waals surface area contributed by atoms with Crippen molar-refractivity contribution < 1.29 is 8.85 Å². The molecular weight excluding hydrogens is 617 g/mol. The van der Waals surface area contributed by atoms with Crippen molar-refractivity contribution in [2.24, 2.45) is 0 Å². The van der Waals surface area contributed by atoms with Gasteiger partial charge in [0.15, 0.2) is 16.6 Å². The zero-order valence-corrected chi connectivity index (χ0v) is 31.1. The van der Waals surface area contributed by atoms with Crippen molar-refractivity contribution in [3.05, 3.63) is 215 Å². The predicted octanol–water partition coefficient (Wildman–Crippen LogP) is 11.7. The fraction of sp³-hybridized carbons (Fsp3) is 0.182. The molecule has 2 nitrogen and oxygen atoms in total. The van der Waals surface area contributed by atoms with E-state index in [0.29, 0.717) is 0 Å². The Labute approximate surface area is 290 Å². The van der Waals surface area contributed by atoms with Crippen LogP contribution in [0.3, 0.4) is 0 Å². The highest BCUT2D eigenvalue weighted by Crippen LogP contribution is 2.51. The minimum atomic E-state index is -1.23. The Hall–Kier alpha value is -4.33. The number of ether oxygens (including phenoxy) is 1. The minimum absolute atomic E-state index is 0.925. The predicted molar refractivity (Wildman–Crippen MR) is 207 cm³/mol. The van der Waals surface area contributed by atoms with Crippen LogP contribution in [0.1, 0.15) is 33.4 Å². The summed E-state index contributed by atoms with van der Waals surface area (Å²) in [5, 5.41) is 0. The Balaban J connectivity index is 0.000000441. The smallest absolute Gasteiger partial charge is 0.170 e. The monoisotopic (exact) mass is 664 g/mol. The van der Waals surface area contributed by atoms with E-state index in [1.54, 1.807) is 0 Å². The van der Waals surface area contributed by atoms with Crippen LogP contribution in [0.5, 0.6) is 0 Å². The summed E-state index contributed by atoms with van der Waals surface area (Å²) in [7, 11) is -2.46. The van der Waals surface area contributed by atoms with Gasteiger partial charge in [-0.2, -0.15) is 0 Å². The second-order valence-corrected chi connectivity index (χ2v) is 23.3. The quantitative estimate of drug-likeness (QED) is 0.107. The molecule has 0 aliphatic carbocycles. The van der Waals surface area contributed by atoms with E-state index >= 15 is 0 Å². The van der Waals surface area contributed by atoms with Gasteiger partial charge in [0.2, 0.25) is 0 Å². The van der Waals surface area contributed by atoms with Crippen LogP contribution in [0, 0.1) is 0 Å². The molecule has 4 heteroatoms. The zero-order chi connectivity index (χ0) is 34.1. The summed E-state index contributed by atoms with van der Waals surface area (Å²) in [4.78, 5) is 0. The van der Waals surface area contributed by atoms with Crippen LogP contribution < -0.4 is 0 Å². The van der Waals surface area contributed by atoms with Gasteiger partial charge in [-0.15, -0.1) is 0 Å². The molecule has 0 saturated carbocycles. The molecule has 6 aromatic carbocycles. The summed E-state index contributed by atoms with van der Waals surface area (Å²) < 4.78 is 13.8. The number of rotatable bonds is 10. The Morgan fingerprint density at radius 3 is 0.583 bits per heavy atom. The first-order valence-electron chi connectivity index (χ1n) is 16.8. The molecule has 0 bridgehead atoms. The number of hydrogen-bond donors (Lipinski definition) is 0. The van der Waals surface area contributed by atoms with Crippen LogP contribution in [0.25, 0.3) is 0 Å². The lowest BCUT2D eigenvalue weighted by Gasteiger charge is -2.46. The van der Waals surface area contributed by atoms with Gasteiger partial charge in [0, 0.05) is 0 Å². The first kappa shape index (κ1) is 35.0. The van der Waals surface area contributed by atoms with E-state index in [1.807, 2.05) is 0 Å². The van der Waals surface area contributed by atoms with Crippen molar-refractivity contribution in [3.8, 4) is 0 Å². The number of hydrogen-bond acceptors (Lipinski definition) is 2. The number of benzene rings is 6. The van der Waals surface area contributed by atoms with E-state index < -0.39 is 27.8 Å². The maximum Gasteiger partial charge on any atom is 0.170 e.